The number of methoxy groups -OCH3 is 1. The normalized spacial score (nSPS) is 16.7. The van der Waals surface area contributed by atoms with Crippen molar-refractivity contribution in [3.05, 3.63) is 92.8 Å². The van der Waals surface area contributed by atoms with Crippen molar-refractivity contribution >= 4 is 5.69 Å². The summed E-state index contributed by atoms with van der Waals surface area (Å²) in [5, 5.41) is 11.3. The number of fused-ring (bicyclic) bond motifs is 1. The summed E-state index contributed by atoms with van der Waals surface area (Å²) >= 11 is 0. The molecule has 0 saturated carbocycles. The summed E-state index contributed by atoms with van der Waals surface area (Å²) in [6.45, 7) is 6.71. The average Bonchev–Trinajstić information content (AvgIpc) is 3.11. The first-order chi connectivity index (χ1) is 14.5. The molecule has 1 aliphatic heterocycles. The maximum Gasteiger partial charge on any atom is 0.270 e. The van der Waals surface area contributed by atoms with Crippen molar-refractivity contribution in [2.24, 2.45) is 0 Å². The Labute approximate surface area is 176 Å². The lowest BCUT2D eigenvalue weighted by Crippen LogP contribution is -2.30. The van der Waals surface area contributed by atoms with E-state index in [-0.39, 0.29) is 16.7 Å². The second-order valence-corrected chi connectivity index (χ2v) is 7.97. The molecule has 3 aromatic rings. The highest BCUT2D eigenvalue weighted by Gasteiger charge is 2.29. The molecular weight excluding hydrogens is 378 g/mol. The second kappa shape index (κ2) is 8.32. The first-order valence-electron chi connectivity index (χ1n) is 10.3. The topological polar surface area (TPSA) is 60.5 Å². The molecule has 4 rings (SSSR count). The zero-order valence-corrected chi connectivity index (χ0v) is 17.7. The molecule has 6 heteroatoms. The SMILES string of the molecule is COc1ccc([N+](=O)[O-])cc1CN1CCCn2cccc2[C@@H]1c1cc(C)ccc1C. The van der Waals surface area contributed by atoms with Crippen molar-refractivity contribution < 1.29 is 9.66 Å². The zero-order chi connectivity index (χ0) is 21.3. The standard InChI is InChI=1S/C24H27N3O3/c1-17-7-8-18(2)21(14-17)24-22-6-4-11-25(22)12-5-13-26(24)16-19-15-20(27(28)29)9-10-23(19)30-3/h4,6-11,14-15,24H,5,12-13,16H2,1-3H3/t24-/m0/s1. The fraction of sp³-hybridized carbons (Fsp3) is 0.333. The van der Waals surface area contributed by atoms with E-state index in [1.54, 1.807) is 19.2 Å². The van der Waals surface area contributed by atoms with Crippen LogP contribution in [0.15, 0.2) is 54.7 Å². The minimum absolute atomic E-state index is 0.0753. The smallest absolute Gasteiger partial charge is 0.270 e. The van der Waals surface area contributed by atoms with E-state index < -0.39 is 0 Å². The molecule has 0 saturated heterocycles. The molecule has 0 bridgehead atoms. The summed E-state index contributed by atoms with van der Waals surface area (Å²) < 4.78 is 7.87. The van der Waals surface area contributed by atoms with Gasteiger partial charge in [-0.2, -0.15) is 0 Å². The number of ether oxygens (including phenoxy) is 1. The number of benzene rings is 2. The predicted molar refractivity (Wildman–Crippen MR) is 117 cm³/mol. The molecule has 0 radical (unpaired) electrons. The fourth-order valence-corrected chi connectivity index (χ4v) is 4.44. The van der Waals surface area contributed by atoms with Gasteiger partial charge in [0.1, 0.15) is 5.75 Å². The lowest BCUT2D eigenvalue weighted by molar-refractivity contribution is -0.385. The Kier molecular flexibility index (Phi) is 5.59. The van der Waals surface area contributed by atoms with Gasteiger partial charge in [0.25, 0.3) is 5.69 Å². The number of hydrogen-bond donors (Lipinski definition) is 0. The van der Waals surface area contributed by atoms with Crippen LogP contribution in [0.1, 0.15) is 40.4 Å². The van der Waals surface area contributed by atoms with Crippen LogP contribution in [-0.4, -0.2) is 28.0 Å². The van der Waals surface area contributed by atoms with Crippen LogP contribution in [0.5, 0.6) is 5.75 Å². The molecule has 0 unspecified atom stereocenters. The average molecular weight is 405 g/mol. The summed E-state index contributed by atoms with van der Waals surface area (Å²) in [7, 11) is 1.61. The lowest BCUT2D eigenvalue weighted by Gasteiger charge is -2.32. The molecule has 2 aromatic carbocycles. The molecule has 0 amide bonds. The highest BCUT2D eigenvalue weighted by atomic mass is 16.6. The highest BCUT2D eigenvalue weighted by Crippen LogP contribution is 2.36. The van der Waals surface area contributed by atoms with Gasteiger partial charge >= 0.3 is 0 Å². The number of nitro benzene ring substituents is 1. The van der Waals surface area contributed by atoms with E-state index in [4.69, 9.17) is 4.74 Å². The van der Waals surface area contributed by atoms with Crippen LogP contribution >= 0.6 is 0 Å². The van der Waals surface area contributed by atoms with E-state index in [9.17, 15) is 10.1 Å². The lowest BCUT2D eigenvalue weighted by atomic mass is 9.95. The molecule has 1 aromatic heterocycles. The summed E-state index contributed by atoms with van der Waals surface area (Å²) in [5.41, 5.74) is 5.93. The van der Waals surface area contributed by atoms with Crippen LogP contribution in [-0.2, 0) is 13.1 Å². The van der Waals surface area contributed by atoms with Gasteiger partial charge in [-0.15, -0.1) is 0 Å². The highest BCUT2D eigenvalue weighted by molar-refractivity contribution is 5.44. The molecule has 1 aliphatic rings. The van der Waals surface area contributed by atoms with Crippen LogP contribution in [0.2, 0.25) is 0 Å². The van der Waals surface area contributed by atoms with Gasteiger partial charge in [-0.3, -0.25) is 15.0 Å². The van der Waals surface area contributed by atoms with Gasteiger partial charge in [-0.25, -0.2) is 0 Å². The first kappa shape index (κ1) is 20.2. The molecule has 0 fully saturated rings. The fourth-order valence-electron chi connectivity index (χ4n) is 4.44. The quantitative estimate of drug-likeness (QED) is 0.442. The Hall–Kier alpha value is -3.12. The molecule has 0 spiro atoms. The summed E-state index contributed by atoms with van der Waals surface area (Å²) in [6.07, 6.45) is 3.16. The van der Waals surface area contributed by atoms with Gasteiger partial charge in [0.05, 0.1) is 18.1 Å². The molecule has 30 heavy (non-hydrogen) atoms. The van der Waals surface area contributed by atoms with Gasteiger partial charge < -0.3 is 9.30 Å². The van der Waals surface area contributed by atoms with Crippen LogP contribution in [0.25, 0.3) is 0 Å². The Balaban J connectivity index is 1.81. The van der Waals surface area contributed by atoms with Gasteiger partial charge in [-0.05, 0) is 49.6 Å². The van der Waals surface area contributed by atoms with Crippen LogP contribution < -0.4 is 4.74 Å². The Morgan fingerprint density at radius 3 is 2.73 bits per heavy atom. The number of hydrogen-bond acceptors (Lipinski definition) is 4. The number of non-ortho nitro benzene ring substituents is 1. The molecule has 156 valence electrons. The maximum atomic E-state index is 11.3. The summed E-state index contributed by atoms with van der Waals surface area (Å²) in [6, 6.07) is 15.8. The Bertz CT molecular complexity index is 1070. The first-order valence-corrected chi connectivity index (χ1v) is 10.3. The number of aromatic nitrogens is 1. The van der Waals surface area contributed by atoms with Gasteiger partial charge in [-0.1, -0.05) is 23.8 Å². The van der Waals surface area contributed by atoms with Crippen molar-refractivity contribution in [1.29, 1.82) is 0 Å². The van der Waals surface area contributed by atoms with Crippen LogP contribution in [0.4, 0.5) is 5.69 Å². The molecule has 1 atom stereocenters. The van der Waals surface area contributed by atoms with Crippen molar-refractivity contribution in [1.82, 2.24) is 9.47 Å². The van der Waals surface area contributed by atoms with Crippen LogP contribution in [0.3, 0.4) is 0 Å². The number of aryl methyl sites for hydroxylation is 3. The third-order valence-electron chi connectivity index (χ3n) is 5.93. The number of rotatable bonds is 5. The van der Waals surface area contributed by atoms with Crippen molar-refractivity contribution in [3.63, 3.8) is 0 Å². The summed E-state index contributed by atoms with van der Waals surface area (Å²) in [5.74, 6) is 0.681. The molecule has 0 N–H and O–H groups in total. The van der Waals surface area contributed by atoms with Gasteiger partial charge in [0, 0.05) is 49.2 Å². The van der Waals surface area contributed by atoms with E-state index in [0.29, 0.717) is 12.3 Å². The molecule has 6 nitrogen and oxygen atoms in total. The van der Waals surface area contributed by atoms with E-state index in [1.165, 1.54) is 28.5 Å². The van der Waals surface area contributed by atoms with Crippen molar-refractivity contribution in [2.45, 2.75) is 39.4 Å². The van der Waals surface area contributed by atoms with E-state index in [0.717, 1.165) is 25.1 Å². The van der Waals surface area contributed by atoms with Crippen molar-refractivity contribution in [2.75, 3.05) is 13.7 Å². The maximum absolute atomic E-state index is 11.3. The molecule has 0 aliphatic carbocycles. The minimum atomic E-state index is -0.349. The van der Waals surface area contributed by atoms with Crippen molar-refractivity contribution in [3.8, 4) is 5.75 Å². The van der Waals surface area contributed by atoms with Gasteiger partial charge in [0.15, 0.2) is 0 Å². The third-order valence-corrected chi connectivity index (χ3v) is 5.93. The summed E-state index contributed by atoms with van der Waals surface area (Å²) in [4.78, 5) is 13.4. The Morgan fingerprint density at radius 1 is 1.13 bits per heavy atom. The number of nitro groups is 1. The van der Waals surface area contributed by atoms with Gasteiger partial charge in [0.2, 0.25) is 0 Å². The monoisotopic (exact) mass is 405 g/mol. The van der Waals surface area contributed by atoms with Crippen LogP contribution in [0, 0.1) is 24.0 Å². The van der Waals surface area contributed by atoms with E-state index >= 15 is 0 Å². The molecular formula is C24H27N3O3. The van der Waals surface area contributed by atoms with E-state index in [1.807, 2.05) is 0 Å². The largest absolute Gasteiger partial charge is 0.496 e. The molecule has 2 heterocycles. The number of nitrogens with zero attached hydrogens (tertiary/aromatic N) is 3. The third kappa shape index (κ3) is 3.83. The van der Waals surface area contributed by atoms with E-state index in [2.05, 4.69) is 59.8 Å². The second-order valence-electron chi connectivity index (χ2n) is 7.97. The zero-order valence-electron chi connectivity index (χ0n) is 17.7. The minimum Gasteiger partial charge on any atom is -0.496 e. The predicted octanol–water partition coefficient (Wildman–Crippen LogP) is 5.02. The Morgan fingerprint density at radius 2 is 1.97 bits per heavy atom.